The first-order valence-corrected chi connectivity index (χ1v) is 8.79. The van der Waals surface area contributed by atoms with Crippen molar-refractivity contribution in [2.24, 2.45) is 0 Å². The van der Waals surface area contributed by atoms with Gasteiger partial charge in [0.15, 0.2) is 6.10 Å². The van der Waals surface area contributed by atoms with E-state index in [9.17, 15) is 14.4 Å². The Labute approximate surface area is 161 Å². The third kappa shape index (κ3) is 4.25. The van der Waals surface area contributed by atoms with Gasteiger partial charge in [-0.2, -0.15) is 4.68 Å². The van der Waals surface area contributed by atoms with Crippen molar-refractivity contribution in [2.45, 2.75) is 33.4 Å². The summed E-state index contributed by atoms with van der Waals surface area (Å²) in [5.74, 6) is -1.71. The molecule has 7 nitrogen and oxygen atoms in total. The summed E-state index contributed by atoms with van der Waals surface area (Å²) in [6.45, 7) is 4.76. The SMILES string of the molecule is Cc1ccc(C)c(C(=O)[C@H](C)OC(=O)Cn2nc(-c3ccccc3)oc2=O)c1. The molecule has 0 fully saturated rings. The number of esters is 1. The van der Waals surface area contributed by atoms with E-state index >= 15 is 0 Å². The van der Waals surface area contributed by atoms with Gasteiger partial charge in [0.25, 0.3) is 0 Å². The second-order valence-corrected chi connectivity index (χ2v) is 6.51. The van der Waals surface area contributed by atoms with Gasteiger partial charge in [0.1, 0.15) is 6.54 Å². The predicted molar refractivity (Wildman–Crippen MR) is 102 cm³/mol. The van der Waals surface area contributed by atoms with Crippen LogP contribution in [0.3, 0.4) is 0 Å². The molecule has 0 radical (unpaired) electrons. The molecule has 144 valence electrons. The lowest BCUT2D eigenvalue weighted by Crippen LogP contribution is -2.29. The molecule has 0 N–H and O–H groups in total. The first-order chi connectivity index (χ1) is 13.3. The van der Waals surface area contributed by atoms with Gasteiger partial charge in [0, 0.05) is 11.1 Å². The quantitative estimate of drug-likeness (QED) is 0.482. The molecule has 28 heavy (non-hydrogen) atoms. The van der Waals surface area contributed by atoms with E-state index in [2.05, 4.69) is 5.10 Å². The van der Waals surface area contributed by atoms with Gasteiger partial charge in [-0.25, -0.2) is 4.79 Å². The lowest BCUT2D eigenvalue weighted by atomic mass is 9.99. The molecule has 1 heterocycles. The lowest BCUT2D eigenvalue weighted by molar-refractivity contribution is -0.147. The molecule has 0 aliphatic heterocycles. The monoisotopic (exact) mass is 380 g/mol. The number of rotatable bonds is 6. The summed E-state index contributed by atoms with van der Waals surface area (Å²) in [5.41, 5.74) is 2.87. The van der Waals surface area contributed by atoms with Crippen LogP contribution < -0.4 is 5.76 Å². The highest BCUT2D eigenvalue weighted by Crippen LogP contribution is 2.15. The number of nitrogens with zero attached hydrogens (tertiary/aromatic N) is 2. The lowest BCUT2D eigenvalue weighted by Gasteiger charge is -2.14. The zero-order valence-electron chi connectivity index (χ0n) is 15.8. The molecule has 7 heteroatoms. The third-order valence-electron chi connectivity index (χ3n) is 4.24. The van der Waals surface area contributed by atoms with E-state index in [1.54, 1.807) is 30.3 Å². The smallest absolute Gasteiger partial charge is 0.437 e. The minimum atomic E-state index is -0.982. The van der Waals surface area contributed by atoms with Crippen molar-refractivity contribution in [1.82, 2.24) is 9.78 Å². The molecule has 0 saturated carbocycles. The predicted octanol–water partition coefficient (Wildman–Crippen LogP) is 2.93. The fraction of sp³-hybridized carbons (Fsp3) is 0.238. The van der Waals surface area contributed by atoms with Crippen molar-refractivity contribution in [1.29, 1.82) is 0 Å². The maximum absolute atomic E-state index is 12.6. The van der Waals surface area contributed by atoms with Gasteiger partial charge < -0.3 is 9.15 Å². The van der Waals surface area contributed by atoms with E-state index in [0.717, 1.165) is 15.8 Å². The molecule has 0 aliphatic carbocycles. The van der Waals surface area contributed by atoms with Crippen LogP contribution in [0.15, 0.2) is 57.7 Å². The Morgan fingerprint density at radius 2 is 1.86 bits per heavy atom. The van der Waals surface area contributed by atoms with Gasteiger partial charge >= 0.3 is 11.7 Å². The summed E-state index contributed by atoms with van der Waals surface area (Å²) in [4.78, 5) is 36.7. The Kier molecular flexibility index (Phi) is 5.54. The minimum Gasteiger partial charge on any atom is -0.453 e. The molecule has 2 aromatic carbocycles. The van der Waals surface area contributed by atoms with Crippen molar-refractivity contribution in [3.05, 3.63) is 75.8 Å². The van der Waals surface area contributed by atoms with Crippen molar-refractivity contribution >= 4 is 11.8 Å². The minimum absolute atomic E-state index is 0.109. The molecule has 0 saturated heterocycles. The Morgan fingerprint density at radius 1 is 1.14 bits per heavy atom. The fourth-order valence-electron chi connectivity index (χ4n) is 2.73. The second-order valence-electron chi connectivity index (χ2n) is 6.51. The molecular weight excluding hydrogens is 360 g/mol. The van der Waals surface area contributed by atoms with Crippen LogP contribution in [0.4, 0.5) is 0 Å². The largest absolute Gasteiger partial charge is 0.453 e. The molecular formula is C21H20N2O5. The number of hydrogen-bond acceptors (Lipinski definition) is 6. The summed E-state index contributed by atoms with van der Waals surface area (Å²) >= 11 is 0. The van der Waals surface area contributed by atoms with Gasteiger partial charge in [-0.3, -0.25) is 9.59 Å². The number of benzene rings is 2. The number of carbonyl (C=O) groups is 2. The average Bonchev–Trinajstić information content (AvgIpc) is 3.04. The molecule has 0 amide bonds. The van der Waals surface area contributed by atoms with Crippen molar-refractivity contribution in [2.75, 3.05) is 0 Å². The van der Waals surface area contributed by atoms with Gasteiger partial charge in [0.2, 0.25) is 11.7 Å². The van der Waals surface area contributed by atoms with Crippen molar-refractivity contribution < 1.29 is 18.7 Å². The Balaban J connectivity index is 1.69. The van der Waals surface area contributed by atoms with Crippen molar-refractivity contribution in [3.8, 4) is 11.5 Å². The maximum Gasteiger partial charge on any atom is 0.437 e. The highest BCUT2D eigenvalue weighted by Gasteiger charge is 2.22. The third-order valence-corrected chi connectivity index (χ3v) is 4.24. The van der Waals surface area contributed by atoms with E-state index in [1.165, 1.54) is 6.92 Å². The van der Waals surface area contributed by atoms with Gasteiger partial charge in [-0.05, 0) is 44.5 Å². The van der Waals surface area contributed by atoms with Crippen LogP contribution in [-0.2, 0) is 16.1 Å². The first kappa shape index (κ1) is 19.3. The van der Waals surface area contributed by atoms with E-state index < -0.39 is 24.4 Å². The second kappa shape index (κ2) is 8.04. The van der Waals surface area contributed by atoms with E-state index in [-0.39, 0.29) is 11.7 Å². The van der Waals surface area contributed by atoms with E-state index in [0.29, 0.717) is 11.1 Å². The normalized spacial score (nSPS) is 11.8. The molecule has 3 rings (SSSR count). The number of aryl methyl sites for hydroxylation is 2. The van der Waals surface area contributed by atoms with Crippen LogP contribution in [0.2, 0.25) is 0 Å². The number of Topliss-reactive ketones (excluding diaryl/α,β-unsaturated/α-hetero) is 1. The van der Waals surface area contributed by atoms with Crippen LogP contribution in [0.1, 0.15) is 28.4 Å². The summed E-state index contributed by atoms with van der Waals surface area (Å²) in [6.07, 6.45) is -0.982. The summed E-state index contributed by atoms with van der Waals surface area (Å²) in [6, 6.07) is 14.4. The van der Waals surface area contributed by atoms with E-state index in [1.807, 2.05) is 32.0 Å². The molecule has 1 atom stereocenters. The molecule has 3 aromatic rings. The first-order valence-electron chi connectivity index (χ1n) is 8.79. The number of carbonyl (C=O) groups excluding carboxylic acids is 2. The molecule has 0 aliphatic rings. The zero-order valence-corrected chi connectivity index (χ0v) is 15.8. The van der Waals surface area contributed by atoms with Crippen LogP contribution in [0.5, 0.6) is 0 Å². The highest BCUT2D eigenvalue weighted by atomic mass is 16.5. The number of ketones is 1. The maximum atomic E-state index is 12.6. The average molecular weight is 380 g/mol. The van der Waals surface area contributed by atoms with Gasteiger partial charge in [-0.1, -0.05) is 35.9 Å². The van der Waals surface area contributed by atoms with Crippen LogP contribution in [0.25, 0.3) is 11.5 Å². The van der Waals surface area contributed by atoms with Crippen molar-refractivity contribution in [3.63, 3.8) is 0 Å². The van der Waals surface area contributed by atoms with Gasteiger partial charge in [0.05, 0.1) is 0 Å². The fourth-order valence-corrected chi connectivity index (χ4v) is 2.73. The zero-order chi connectivity index (χ0) is 20.3. The molecule has 0 bridgehead atoms. The van der Waals surface area contributed by atoms with Crippen LogP contribution >= 0.6 is 0 Å². The summed E-state index contributed by atoms with van der Waals surface area (Å²) in [5, 5.41) is 4.01. The number of hydrogen-bond donors (Lipinski definition) is 0. The molecule has 0 unspecified atom stereocenters. The number of aromatic nitrogens is 2. The van der Waals surface area contributed by atoms with E-state index in [4.69, 9.17) is 9.15 Å². The summed E-state index contributed by atoms with van der Waals surface area (Å²) in [7, 11) is 0. The summed E-state index contributed by atoms with van der Waals surface area (Å²) < 4.78 is 11.2. The molecule has 1 aromatic heterocycles. The number of ether oxygens (including phenoxy) is 1. The van der Waals surface area contributed by atoms with Crippen LogP contribution in [0, 0.1) is 13.8 Å². The Hall–Kier alpha value is -3.48. The standard InChI is InChI=1S/C21H20N2O5/c1-13-9-10-14(2)17(11-13)19(25)15(3)27-18(24)12-23-21(26)28-20(22-23)16-7-5-4-6-8-16/h4-11,15H,12H2,1-3H3/t15-/m0/s1. The topological polar surface area (TPSA) is 91.4 Å². The van der Waals surface area contributed by atoms with Gasteiger partial charge in [-0.15, -0.1) is 5.10 Å². The Morgan fingerprint density at radius 3 is 2.57 bits per heavy atom. The van der Waals surface area contributed by atoms with Crippen LogP contribution in [-0.4, -0.2) is 27.6 Å². The molecule has 0 spiro atoms. The highest BCUT2D eigenvalue weighted by molar-refractivity contribution is 6.01. The Bertz CT molecular complexity index is 1070.